The number of benzene rings is 1. The molecular weight excluding hydrogens is 300 g/mol. The van der Waals surface area contributed by atoms with Gasteiger partial charge in [0.1, 0.15) is 11.1 Å². The van der Waals surface area contributed by atoms with Gasteiger partial charge in [-0.05, 0) is 43.5 Å². The topological polar surface area (TPSA) is 41.6 Å². The molecule has 0 aromatic heterocycles. The Morgan fingerprint density at radius 3 is 2.55 bits per heavy atom. The van der Waals surface area contributed by atoms with E-state index in [4.69, 9.17) is 16.3 Å². The number of ether oxygens (including phenoxy) is 1. The van der Waals surface area contributed by atoms with E-state index in [2.05, 4.69) is 17.1 Å². The number of hydrogen-bond acceptors (Lipinski definition) is 3. The van der Waals surface area contributed by atoms with Gasteiger partial charge in [0.15, 0.2) is 0 Å². The Bertz CT molecular complexity index is 470. The van der Waals surface area contributed by atoms with Crippen molar-refractivity contribution in [3.05, 3.63) is 29.8 Å². The van der Waals surface area contributed by atoms with Crippen LogP contribution in [0.3, 0.4) is 0 Å². The molecule has 5 heteroatoms. The number of amides is 1. The van der Waals surface area contributed by atoms with Crippen LogP contribution in [-0.4, -0.2) is 43.6 Å². The molecule has 1 amide bonds. The number of nitrogens with one attached hydrogen (secondary N) is 1. The molecule has 22 heavy (non-hydrogen) atoms. The predicted molar refractivity (Wildman–Crippen MR) is 89.5 cm³/mol. The Hall–Kier alpha value is -1.26. The normalized spacial score (nSPS) is 18.0. The molecule has 0 bridgehead atoms. The van der Waals surface area contributed by atoms with Crippen molar-refractivity contribution in [3.8, 4) is 5.75 Å². The fourth-order valence-electron chi connectivity index (χ4n) is 2.82. The minimum Gasteiger partial charge on any atom is -0.497 e. The van der Waals surface area contributed by atoms with Crippen LogP contribution in [0.1, 0.15) is 37.1 Å². The van der Waals surface area contributed by atoms with Crippen molar-refractivity contribution < 1.29 is 9.53 Å². The highest BCUT2D eigenvalue weighted by Gasteiger charge is 2.24. The van der Waals surface area contributed by atoms with Crippen molar-refractivity contribution in [2.24, 2.45) is 0 Å². The number of methoxy groups -OCH3 is 1. The van der Waals surface area contributed by atoms with Gasteiger partial charge in [0, 0.05) is 19.1 Å². The second kappa shape index (κ2) is 8.39. The first kappa shape index (κ1) is 17.1. The van der Waals surface area contributed by atoms with Gasteiger partial charge in [-0.15, -0.1) is 11.6 Å². The van der Waals surface area contributed by atoms with Gasteiger partial charge >= 0.3 is 0 Å². The molecule has 1 aliphatic rings. The van der Waals surface area contributed by atoms with Gasteiger partial charge in [-0.1, -0.05) is 19.1 Å². The molecule has 0 radical (unpaired) electrons. The lowest BCUT2D eigenvalue weighted by Gasteiger charge is -2.32. The third kappa shape index (κ3) is 4.62. The Morgan fingerprint density at radius 2 is 2.00 bits per heavy atom. The van der Waals surface area contributed by atoms with Crippen LogP contribution in [-0.2, 0) is 4.79 Å². The fraction of sp³-hybridized carbons (Fsp3) is 0.588. The molecule has 1 saturated heterocycles. The van der Waals surface area contributed by atoms with Crippen LogP contribution < -0.4 is 10.1 Å². The van der Waals surface area contributed by atoms with E-state index in [9.17, 15) is 4.79 Å². The SMILES string of the molecule is CCCN1CCC(NC(=O)C(Cl)c2ccc(OC)cc2)CC1. The number of piperidine rings is 1. The summed E-state index contributed by atoms with van der Waals surface area (Å²) in [5, 5.41) is 2.43. The standard InChI is InChI=1S/C17H25ClN2O2/c1-3-10-20-11-8-14(9-12-20)19-17(21)16(18)13-4-6-15(22-2)7-5-13/h4-7,14,16H,3,8-12H2,1-2H3,(H,19,21). The molecule has 1 unspecified atom stereocenters. The molecule has 1 atom stereocenters. The van der Waals surface area contributed by atoms with Crippen LogP contribution in [0, 0.1) is 0 Å². The van der Waals surface area contributed by atoms with Crippen molar-refractivity contribution in [3.63, 3.8) is 0 Å². The number of nitrogens with zero attached hydrogens (tertiary/aromatic N) is 1. The maximum Gasteiger partial charge on any atom is 0.242 e. The van der Waals surface area contributed by atoms with E-state index < -0.39 is 5.38 Å². The van der Waals surface area contributed by atoms with Crippen molar-refractivity contribution in [2.45, 2.75) is 37.6 Å². The fourth-order valence-corrected chi connectivity index (χ4v) is 3.02. The molecule has 0 aliphatic carbocycles. The van der Waals surface area contributed by atoms with E-state index in [1.165, 1.54) is 6.42 Å². The summed E-state index contributed by atoms with van der Waals surface area (Å²) in [6, 6.07) is 7.54. The number of hydrogen-bond donors (Lipinski definition) is 1. The maximum atomic E-state index is 12.3. The Labute approximate surface area is 137 Å². The average Bonchev–Trinajstić information content (AvgIpc) is 2.56. The Kier molecular flexibility index (Phi) is 6.52. The third-order valence-corrected chi connectivity index (χ3v) is 4.56. The summed E-state index contributed by atoms with van der Waals surface area (Å²) in [5.41, 5.74) is 0.795. The molecule has 1 heterocycles. The first-order valence-corrected chi connectivity index (χ1v) is 8.38. The molecule has 0 saturated carbocycles. The number of carbonyl (C=O) groups is 1. The summed E-state index contributed by atoms with van der Waals surface area (Å²) in [5.74, 6) is 0.650. The van der Waals surface area contributed by atoms with Gasteiger partial charge in [0.2, 0.25) is 5.91 Å². The number of alkyl halides is 1. The second-order valence-corrected chi connectivity index (χ2v) is 6.20. The van der Waals surface area contributed by atoms with Crippen LogP contribution in [0.5, 0.6) is 5.75 Å². The minimum atomic E-state index is -0.653. The van der Waals surface area contributed by atoms with E-state index in [1.807, 2.05) is 24.3 Å². The zero-order chi connectivity index (χ0) is 15.9. The number of likely N-dealkylation sites (tertiary alicyclic amines) is 1. The first-order valence-electron chi connectivity index (χ1n) is 7.94. The molecule has 1 aromatic carbocycles. The largest absolute Gasteiger partial charge is 0.497 e. The Balaban J connectivity index is 1.83. The van der Waals surface area contributed by atoms with E-state index in [0.717, 1.165) is 43.8 Å². The summed E-state index contributed by atoms with van der Waals surface area (Å²) in [6.07, 6.45) is 3.17. The maximum absolute atomic E-state index is 12.3. The predicted octanol–water partition coefficient (Wildman–Crippen LogP) is 2.97. The molecule has 122 valence electrons. The van der Waals surface area contributed by atoms with Crippen molar-refractivity contribution in [2.75, 3.05) is 26.7 Å². The number of halogens is 1. The second-order valence-electron chi connectivity index (χ2n) is 5.76. The zero-order valence-corrected chi connectivity index (χ0v) is 14.1. The van der Waals surface area contributed by atoms with Crippen LogP contribution in [0.4, 0.5) is 0 Å². The lowest BCUT2D eigenvalue weighted by Crippen LogP contribution is -2.45. The Morgan fingerprint density at radius 1 is 1.36 bits per heavy atom. The average molecular weight is 325 g/mol. The van der Waals surface area contributed by atoms with Crippen LogP contribution >= 0.6 is 11.6 Å². The lowest BCUT2D eigenvalue weighted by atomic mass is 10.0. The van der Waals surface area contributed by atoms with E-state index in [0.29, 0.717) is 0 Å². The van der Waals surface area contributed by atoms with Crippen LogP contribution in [0.15, 0.2) is 24.3 Å². The number of carbonyl (C=O) groups excluding carboxylic acids is 1. The first-order chi connectivity index (χ1) is 10.6. The zero-order valence-electron chi connectivity index (χ0n) is 13.3. The summed E-state index contributed by atoms with van der Waals surface area (Å²) in [4.78, 5) is 14.7. The summed E-state index contributed by atoms with van der Waals surface area (Å²) in [7, 11) is 1.62. The quantitative estimate of drug-likeness (QED) is 0.818. The van der Waals surface area contributed by atoms with Gasteiger partial charge < -0.3 is 15.0 Å². The molecule has 1 N–H and O–H groups in total. The summed E-state index contributed by atoms with van der Waals surface area (Å²) in [6.45, 7) is 5.44. The highest BCUT2D eigenvalue weighted by Crippen LogP contribution is 2.24. The van der Waals surface area contributed by atoms with Gasteiger partial charge in [0.25, 0.3) is 0 Å². The highest BCUT2D eigenvalue weighted by atomic mass is 35.5. The van der Waals surface area contributed by atoms with Crippen LogP contribution in [0.2, 0.25) is 0 Å². The smallest absolute Gasteiger partial charge is 0.242 e. The molecule has 1 aromatic rings. The van der Waals surface area contributed by atoms with E-state index in [1.54, 1.807) is 7.11 Å². The van der Waals surface area contributed by atoms with Gasteiger partial charge in [-0.3, -0.25) is 4.79 Å². The van der Waals surface area contributed by atoms with E-state index >= 15 is 0 Å². The molecule has 2 rings (SSSR count). The highest BCUT2D eigenvalue weighted by molar-refractivity contribution is 6.30. The van der Waals surface area contributed by atoms with Gasteiger partial charge in [-0.25, -0.2) is 0 Å². The molecule has 1 aliphatic heterocycles. The lowest BCUT2D eigenvalue weighted by molar-refractivity contribution is -0.121. The van der Waals surface area contributed by atoms with Gasteiger partial charge in [0.05, 0.1) is 7.11 Å². The van der Waals surface area contributed by atoms with Crippen LogP contribution in [0.25, 0.3) is 0 Å². The molecule has 0 spiro atoms. The molecule has 4 nitrogen and oxygen atoms in total. The van der Waals surface area contributed by atoms with Gasteiger partial charge in [-0.2, -0.15) is 0 Å². The minimum absolute atomic E-state index is 0.110. The van der Waals surface area contributed by atoms with Crippen molar-refractivity contribution in [1.29, 1.82) is 0 Å². The summed E-state index contributed by atoms with van der Waals surface area (Å²) >= 11 is 6.29. The molecule has 1 fully saturated rings. The van der Waals surface area contributed by atoms with Crippen molar-refractivity contribution >= 4 is 17.5 Å². The van der Waals surface area contributed by atoms with E-state index in [-0.39, 0.29) is 11.9 Å². The van der Waals surface area contributed by atoms with Crippen molar-refractivity contribution in [1.82, 2.24) is 10.2 Å². The third-order valence-electron chi connectivity index (χ3n) is 4.11. The summed E-state index contributed by atoms with van der Waals surface area (Å²) < 4.78 is 5.11. The monoisotopic (exact) mass is 324 g/mol. The number of rotatable bonds is 6. The molecular formula is C17H25ClN2O2.